The van der Waals surface area contributed by atoms with Crippen molar-refractivity contribution >= 4 is 58.5 Å². The van der Waals surface area contributed by atoms with Gasteiger partial charge in [0.1, 0.15) is 17.2 Å². The van der Waals surface area contributed by atoms with E-state index < -0.39 is 11.8 Å². The Morgan fingerprint density at radius 1 is 0.837 bits per heavy atom. The molecule has 4 aromatic rings. The molecule has 0 unspecified atom stereocenters. The molecule has 0 bridgehead atoms. The van der Waals surface area contributed by atoms with Crippen molar-refractivity contribution in [2.75, 3.05) is 30.6 Å². The van der Waals surface area contributed by atoms with Gasteiger partial charge in [0.2, 0.25) is 5.91 Å². The van der Waals surface area contributed by atoms with Crippen molar-refractivity contribution in [3.63, 3.8) is 0 Å². The number of carbonyl (C=O) groups excluding carboxylic acids is 3. The van der Waals surface area contributed by atoms with Gasteiger partial charge in [-0.15, -0.1) is 11.8 Å². The molecule has 3 amide bonds. The molecule has 0 aliphatic rings. The number of carbonyl (C=O) groups is 3. The molecule has 0 atom stereocenters. The molecule has 4 rings (SSSR count). The zero-order valence-corrected chi connectivity index (χ0v) is 25.3. The predicted octanol–water partition coefficient (Wildman–Crippen LogP) is 6.81. The number of aryl methyl sites for hydroxylation is 1. The summed E-state index contributed by atoms with van der Waals surface area (Å²) >= 11 is 7.49. The second-order valence-corrected chi connectivity index (χ2v) is 10.7. The van der Waals surface area contributed by atoms with Gasteiger partial charge in [-0.25, -0.2) is 0 Å². The highest BCUT2D eigenvalue weighted by atomic mass is 35.5. The van der Waals surface area contributed by atoms with Gasteiger partial charge in [-0.3, -0.25) is 14.4 Å². The summed E-state index contributed by atoms with van der Waals surface area (Å²) in [6.45, 7) is 1.85. The van der Waals surface area contributed by atoms with Crippen LogP contribution in [0.4, 0.5) is 11.4 Å². The van der Waals surface area contributed by atoms with Gasteiger partial charge in [0, 0.05) is 32.8 Å². The molecule has 0 saturated heterocycles. The Hall–Kier alpha value is -4.73. The zero-order valence-electron chi connectivity index (χ0n) is 23.8. The molecule has 0 fully saturated rings. The first-order valence-electron chi connectivity index (χ1n) is 13.2. The first-order chi connectivity index (χ1) is 20.8. The topological polar surface area (TPSA) is 106 Å². The van der Waals surface area contributed by atoms with Gasteiger partial charge >= 0.3 is 0 Å². The van der Waals surface area contributed by atoms with E-state index in [9.17, 15) is 14.4 Å². The van der Waals surface area contributed by atoms with E-state index in [4.69, 9.17) is 21.1 Å². The van der Waals surface area contributed by atoms with E-state index in [0.29, 0.717) is 39.0 Å². The molecule has 8 nitrogen and oxygen atoms in total. The fourth-order valence-corrected chi connectivity index (χ4v) is 4.83. The number of ether oxygens (including phenoxy) is 2. The fraction of sp³-hybridized carbons (Fsp3) is 0.121. The number of rotatable bonds is 11. The normalized spacial score (nSPS) is 10.9. The molecule has 0 aromatic heterocycles. The van der Waals surface area contributed by atoms with Crippen LogP contribution in [0.2, 0.25) is 5.02 Å². The molecule has 4 aromatic carbocycles. The first-order valence-corrected chi connectivity index (χ1v) is 14.5. The number of thioether (sulfide) groups is 1. The molecule has 43 heavy (non-hydrogen) atoms. The summed E-state index contributed by atoms with van der Waals surface area (Å²) in [6, 6.07) is 26.3. The van der Waals surface area contributed by atoms with Gasteiger partial charge in [-0.2, -0.15) is 0 Å². The number of halogens is 1. The molecule has 3 N–H and O–H groups in total. The summed E-state index contributed by atoms with van der Waals surface area (Å²) < 4.78 is 10.7. The quantitative estimate of drug-likeness (QED) is 0.126. The van der Waals surface area contributed by atoms with E-state index in [1.54, 1.807) is 84.9 Å². The van der Waals surface area contributed by atoms with Crippen LogP contribution >= 0.6 is 23.4 Å². The van der Waals surface area contributed by atoms with Gasteiger partial charge in [0.25, 0.3) is 11.8 Å². The highest BCUT2D eigenvalue weighted by molar-refractivity contribution is 8.00. The van der Waals surface area contributed by atoms with Crippen LogP contribution in [0.1, 0.15) is 21.5 Å². The largest absolute Gasteiger partial charge is 0.496 e. The molecule has 10 heteroatoms. The molecule has 0 radical (unpaired) electrons. The Morgan fingerprint density at radius 2 is 1.51 bits per heavy atom. The SMILES string of the molecule is COc1ccccc1/C=C(\NC(=O)c1ccccc1)C(=O)Nc1ccc(SCC(=O)Nc2cc(C)c(Cl)cc2OC)cc1. The second-order valence-electron chi connectivity index (χ2n) is 9.24. The first kappa shape index (κ1) is 31.2. The van der Waals surface area contributed by atoms with Crippen molar-refractivity contribution in [2.24, 2.45) is 0 Å². The van der Waals surface area contributed by atoms with Crippen LogP contribution in [-0.4, -0.2) is 37.7 Å². The Morgan fingerprint density at radius 3 is 2.21 bits per heavy atom. The van der Waals surface area contributed by atoms with E-state index in [1.807, 2.05) is 19.1 Å². The van der Waals surface area contributed by atoms with Gasteiger partial charge in [0.15, 0.2) is 0 Å². The van der Waals surface area contributed by atoms with Crippen LogP contribution in [-0.2, 0) is 9.59 Å². The minimum absolute atomic E-state index is 0.0429. The number of hydrogen-bond acceptors (Lipinski definition) is 6. The van der Waals surface area contributed by atoms with E-state index in [1.165, 1.54) is 26.0 Å². The van der Waals surface area contributed by atoms with Crippen LogP contribution in [0.5, 0.6) is 11.5 Å². The molecule has 0 aliphatic carbocycles. The maximum atomic E-state index is 13.3. The van der Waals surface area contributed by atoms with Gasteiger partial charge in [0.05, 0.1) is 25.7 Å². The predicted molar refractivity (Wildman–Crippen MR) is 172 cm³/mol. The lowest BCUT2D eigenvalue weighted by Gasteiger charge is -2.13. The van der Waals surface area contributed by atoms with Gasteiger partial charge < -0.3 is 25.4 Å². The smallest absolute Gasteiger partial charge is 0.272 e. The highest BCUT2D eigenvalue weighted by Gasteiger charge is 2.16. The summed E-state index contributed by atoms with van der Waals surface area (Å²) in [6.07, 6.45) is 1.56. The molecule has 0 spiro atoms. The standard InChI is InChI=1S/C33H30ClN3O5S/c1-21-17-27(30(42-3)19-26(21)34)36-31(38)20-43-25-15-13-24(14-16-25)35-33(40)28(18-23-11-7-8-12-29(23)41-2)37-32(39)22-9-5-4-6-10-22/h4-19H,20H2,1-3H3,(H,35,40)(H,36,38)(H,37,39)/b28-18-. The van der Waals surface area contributed by atoms with Crippen LogP contribution in [0, 0.1) is 6.92 Å². The van der Waals surface area contributed by atoms with Crippen LogP contribution in [0.3, 0.4) is 0 Å². The number of anilines is 2. The Bertz CT molecular complexity index is 1640. The van der Waals surface area contributed by atoms with Crippen LogP contribution in [0.15, 0.2) is 102 Å². The minimum atomic E-state index is -0.512. The number of para-hydroxylation sites is 1. The number of methoxy groups -OCH3 is 2. The van der Waals surface area contributed by atoms with E-state index in [2.05, 4.69) is 16.0 Å². The van der Waals surface area contributed by atoms with Crippen molar-refractivity contribution in [3.8, 4) is 11.5 Å². The number of hydrogen-bond donors (Lipinski definition) is 3. The van der Waals surface area contributed by atoms with Crippen molar-refractivity contribution in [1.82, 2.24) is 5.32 Å². The van der Waals surface area contributed by atoms with Crippen molar-refractivity contribution in [3.05, 3.63) is 118 Å². The Labute approximate surface area is 259 Å². The van der Waals surface area contributed by atoms with E-state index >= 15 is 0 Å². The lowest BCUT2D eigenvalue weighted by Crippen LogP contribution is -2.30. The monoisotopic (exact) mass is 615 g/mol. The lowest BCUT2D eigenvalue weighted by molar-refractivity contribution is -0.114. The molecule has 0 aliphatic heterocycles. The van der Waals surface area contributed by atoms with E-state index in [0.717, 1.165) is 10.5 Å². The average molecular weight is 616 g/mol. The number of benzene rings is 4. The minimum Gasteiger partial charge on any atom is -0.496 e. The summed E-state index contributed by atoms with van der Waals surface area (Å²) in [4.78, 5) is 39.7. The third-order valence-corrected chi connectivity index (χ3v) is 7.62. The second kappa shape index (κ2) is 14.9. The van der Waals surface area contributed by atoms with Crippen molar-refractivity contribution in [1.29, 1.82) is 0 Å². The Balaban J connectivity index is 1.42. The van der Waals surface area contributed by atoms with E-state index in [-0.39, 0.29) is 17.4 Å². The third-order valence-electron chi connectivity index (χ3n) is 6.20. The maximum absolute atomic E-state index is 13.3. The summed E-state index contributed by atoms with van der Waals surface area (Å²) in [7, 11) is 3.05. The van der Waals surface area contributed by atoms with Gasteiger partial charge in [-0.1, -0.05) is 48.0 Å². The highest BCUT2D eigenvalue weighted by Crippen LogP contribution is 2.31. The molecular formula is C33H30ClN3O5S. The fourth-order valence-electron chi connectivity index (χ4n) is 3.98. The summed E-state index contributed by atoms with van der Waals surface area (Å²) in [5.74, 6) is 0.0523. The van der Waals surface area contributed by atoms with Gasteiger partial charge in [-0.05, 0) is 67.1 Å². The molecular weight excluding hydrogens is 586 g/mol. The summed E-state index contributed by atoms with van der Waals surface area (Å²) in [5.41, 5.74) is 2.96. The van der Waals surface area contributed by atoms with Crippen molar-refractivity contribution < 1.29 is 23.9 Å². The number of nitrogens with one attached hydrogen (secondary N) is 3. The summed E-state index contributed by atoms with van der Waals surface area (Å²) in [5, 5.41) is 8.96. The average Bonchev–Trinajstić information content (AvgIpc) is 3.02. The third kappa shape index (κ3) is 8.64. The van der Waals surface area contributed by atoms with Crippen LogP contribution < -0.4 is 25.4 Å². The maximum Gasteiger partial charge on any atom is 0.272 e. The lowest BCUT2D eigenvalue weighted by atomic mass is 10.1. The number of amides is 3. The molecule has 0 saturated carbocycles. The molecule has 0 heterocycles. The Kier molecular flexibility index (Phi) is 10.9. The van der Waals surface area contributed by atoms with Crippen LogP contribution in [0.25, 0.3) is 6.08 Å². The van der Waals surface area contributed by atoms with Crippen molar-refractivity contribution in [2.45, 2.75) is 11.8 Å². The zero-order chi connectivity index (χ0) is 30.8. The molecule has 220 valence electrons.